The van der Waals surface area contributed by atoms with E-state index in [1.807, 2.05) is 6.92 Å². The van der Waals surface area contributed by atoms with Crippen molar-refractivity contribution in [3.8, 4) is 11.5 Å². The van der Waals surface area contributed by atoms with Crippen LogP contribution >= 0.6 is 0 Å². The van der Waals surface area contributed by atoms with Crippen molar-refractivity contribution >= 4 is 0 Å². The smallest absolute Gasteiger partial charge is 0.266 e. The van der Waals surface area contributed by atoms with Crippen molar-refractivity contribution in [1.29, 1.82) is 0 Å². The number of hydrogen-bond donors (Lipinski definition) is 0. The maximum absolute atomic E-state index is 15.3. The van der Waals surface area contributed by atoms with Crippen LogP contribution in [0, 0.1) is 23.4 Å². The molecule has 0 N–H and O–H groups in total. The Labute approximate surface area is 172 Å². The van der Waals surface area contributed by atoms with Crippen LogP contribution in [0.4, 0.5) is 22.0 Å². The van der Waals surface area contributed by atoms with Gasteiger partial charge in [0.1, 0.15) is 0 Å². The van der Waals surface area contributed by atoms with Crippen LogP contribution in [0.2, 0.25) is 0 Å². The lowest BCUT2D eigenvalue weighted by Crippen LogP contribution is -2.15. The number of fused-ring (bicyclic) bond motifs is 2. The van der Waals surface area contributed by atoms with Gasteiger partial charge in [-0.2, -0.15) is 13.2 Å². The summed E-state index contributed by atoms with van der Waals surface area (Å²) >= 11 is 0. The number of hydrogen-bond acceptors (Lipinski definition) is 1. The average molecular weight is 422 g/mol. The molecule has 2 aromatic carbocycles. The van der Waals surface area contributed by atoms with E-state index in [2.05, 4.69) is 0 Å². The Morgan fingerprint density at radius 3 is 2.33 bits per heavy atom. The van der Waals surface area contributed by atoms with Gasteiger partial charge in [-0.15, -0.1) is 0 Å². The molecule has 1 aliphatic carbocycles. The van der Waals surface area contributed by atoms with Crippen molar-refractivity contribution in [3.05, 3.63) is 70.1 Å². The van der Waals surface area contributed by atoms with Gasteiger partial charge < -0.3 is 4.74 Å². The summed E-state index contributed by atoms with van der Waals surface area (Å²) in [5.74, 6) is -3.19. The van der Waals surface area contributed by atoms with Crippen molar-refractivity contribution in [1.82, 2.24) is 0 Å². The molecule has 2 aromatic rings. The normalized spacial score (nSPS) is 20.2. The van der Waals surface area contributed by atoms with Gasteiger partial charge in [-0.05, 0) is 67.2 Å². The molecule has 0 unspecified atom stereocenters. The standard InChI is InChI=1S/C24H23F5O/c1-2-3-15-11-17-12-16-8-9-18(14-6-4-13(5-7-14)10-19(25)26)21(28)23(16)30-24(17)22(29)20(15)27/h8-11,13-14H,2-7,12H2,1H3. The van der Waals surface area contributed by atoms with Crippen molar-refractivity contribution in [2.24, 2.45) is 5.92 Å². The fraction of sp³-hybridized carbons (Fsp3) is 0.417. The lowest BCUT2D eigenvalue weighted by molar-refractivity contribution is 0.340. The maximum atomic E-state index is 15.3. The van der Waals surface area contributed by atoms with Gasteiger partial charge >= 0.3 is 0 Å². The van der Waals surface area contributed by atoms with Gasteiger partial charge in [-0.25, -0.2) is 8.78 Å². The number of aryl methyl sites for hydroxylation is 1. The molecule has 2 aliphatic rings. The highest BCUT2D eigenvalue weighted by Gasteiger charge is 2.31. The lowest BCUT2D eigenvalue weighted by atomic mass is 9.78. The first-order valence-corrected chi connectivity index (χ1v) is 10.4. The van der Waals surface area contributed by atoms with Crippen LogP contribution in [-0.4, -0.2) is 0 Å². The van der Waals surface area contributed by atoms with E-state index in [1.165, 1.54) is 0 Å². The Kier molecular flexibility index (Phi) is 5.85. The monoisotopic (exact) mass is 422 g/mol. The zero-order chi connectivity index (χ0) is 21.4. The summed E-state index contributed by atoms with van der Waals surface area (Å²) < 4.78 is 74.7. The first-order chi connectivity index (χ1) is 14.4. The lowest BCUT2D eigenvalue weighted by Gasteiger charge is -2.29. The zero-order valence-corrected chi connectivity index (χ0v) is 16.7. The van der Waals surface area contributed by atoms with Gasteiger partial charge in [-0.3, -0.25) is 0 Å². The topological polar surface area (TPSA) is 9.23 Å². The Hall–Kier alpha value is -2.37. The quantitative estimate of drug-likeness (QED) is 0.390. The minimum atomic E-state index is -1.68. The van der Waals surface area contributed by atoms with Gasteiger partial charge in [0.15, 0.2) is 23.1 Å². The molecule has 1 fully saturated rings. The molecule has 160 valence electrons. The Morgan fingerprint density at radius 1 is 0.967 bits per heavy atom. The summed E-state index contributed by atoms with van der Waals surface area (Å²) in [6.45, 7) is 1.89. The fourth-order valence-electron chi connectivity index (χ4n) is 4.67. The summed E-state index contributed by atoms with van der Waals surface area (Å²) in [4.78, 5) is 0. The predicted molar refractivity (Wildman–Crippen MR) is 105 cm³/mol. The molecule has 0 atom stereocenters. The molecule has 1 saturated carbocycles. The predicted octanol–water partition coefficient (Wildman–Crippen LogP) is 7.81. The van der Waals surface area contributed by atoms with E-state index in [-0.39, 0.29) is 29.8 Å². The van der Waals surface area contributed by atoms with E-state index in [0.717, 1.165) is 6.08 Å². The highest BCUT2D eigenvalue weighted by Crippen LogP contribution is 2.45. The fourth-order valence-corrected chi connectivity index (χ4v) is 4.67. The van der Waals surface area contributed by atoms with E-state index in [0.29, 0.717) is 60.8 Å². The largest absolute Gasteiger partial charge is 0.450 e. The second-order valence-corrected chi connectivity index (χ2v) is 8.21. The molecule has 1 nitrogen and oxygen atoms in total. The van der Waals surface area contributed by atoms with E-state index < -0.39 is 23.5 Å². The first kappa shape index (κ1) is 20.9. The molecule has 1 aliphatic heterocycles. The Bertz CT molecular complexity index is 986. The molecule has 0 bridgehead atoms. The van der Waals surface area contributed by atoms with Crippen LogP contribution in [-0.2, 0) is 12.8 Å². The molecule has 0 spiro atoms. The summed E-state index contributed by atoms with van der Waals surface area (Å²) in [7, 11) is 0. The SMILES string of the molecule is CCCc1cc2c(c(F)c1F)Oc1c(ccc(C3CCC(C=C(F)F)CC3)c1F)C2. The average Bonchev–Trinajstić information content (AvgIpc) is 2.72. The van der Waals surface area contributed by atoms with E-state index in [9.17, 15) is 17.6 Å². The molecule has 0 amide bonds. The minimum Gasteiger partial charge on any atom is -0.450 e. The van der Waals surface area contributed by atoms with Crippen LogP contribution in [0.15, 0.2) is 30.4 Å². The molecule has 1 heterocycles. The van der Waals surface area contributed by atoms with Crippen molar-refractivity contribution < 1.29 is 26.7 Å². The second kappa shape index (κ2) is 8.40. The molecular weight excluding hydrogens is 399 g/mol. The third-order valence-corrected chi connectivity index (χ3v) is 6.20. The van der Waals surface area contributed by atoms with Crippen molar-refractivity contribution in [2.75, 3.05) is 0 Å². The number of allylic oxidation sites excluding steroid dienone is 1. The molecule has 0 radical (unpaired) electrons. The van der Waals surface area contributed by atoms with E-state index in [1.54, 1.807) is 18.2 Å². The number of ether oxygens (including phenoxy) is 1. The highest BCUT2D eigenvalue weighted by atomic mass is 19.3. The van der Waals surface area contributed by atoms with Crippen molar-refractivity contribution in [2.45, 2.75) is 57.8 Å². The first-order valence-electron chi connectivity index (χ1n) is 10.4. The molecule has 30 heavy (non-hydrogen) atoms. The number of rotatable bonds is 4. The minimum absolute atomic E-state index is 0.0571. The summed E-state index contributed by atoms with van der Waals surface area (Å²) in [6, 6.07) is 5.08. The third kappa shape index (κ3) is 3.84. The molecule has 0 aromatic heterocycles. The summed E-state index contributed by atoms with van der Waals surface area (Å²) in [5, 5.41) is 0. The van der Waals surface area contributed by atoms with Crippen LogP contribution in [0.25, 0.3) is 0 Å². The summed E-state index contributed by atoms with van der Waals surface area (Å²) in [5.41, 5.74) is 1.85. The highest BCUT2D eigenvalue weighted by molar-refractivity contribution is 5.54. The maximum Gasteiger partial charge on any atom is 0.266 e. The van der Waals surface area contributed by atoms with Gasteiger partial charge in [-0.1, -0.05) is 25.5 Å². The molecule has 0 saturated heterocycles. The molecule has 4 rings (SSSR count). The van der Waals surface area contributed by atoms with Gasteiger partial charge in [0.2, 0.25) is 5.82 Å². The Morgan fingerprint density at radius 2 is 1.67 bits per heavy atom. The Balaban J connectivity index is 1.61. The van der Waals surface area contributed by atoms with Gasteiger partial charge in [0.05, 0.1) is 0 Å². The van der Waals surface area contributed by atoms with Crippen LogP contribution < -0.4 is 4.74 Å². The third-order valence-electron chi connectivity index (χ3n) is 6.20. The van der Waals surface area contributed by atoms with Gasteiger partial charge in [0, 0.05) is 17.5 Å². The van der Waals surface area contributed by atoms with Gasteiger partial charge in [0.25, 0.3) is 6.08 Å². The van der Waals surface area contributed by atoms with Crippen LogP contribution in [0.1, 0.15) is 67.2 Å². The second-order valence-electron chi connectivity index (χ2n) is 8.21. The molecule has 6 heteroatoms. The molecular formula is C24H23F5O. The van der Waals surface area contributed by atoms with E-state index >= 15 is 4.39 Å². The summed E-state index contributed by atoms with van der Waals surface area (Å²) in [6.07, 6.45) is 2.95. The zero-order valence-electron chi connectivity index (χ0n) is 16.7. The van der Waals surface area contributed by atoms with Crippen LogP contribution in [0.5, 0.6) is 11.5 Å². The number of halogens is 5. The van der Waals surface area contributed by atoms with Crippen LogP contribution in [0.3, 0.4) is 0 Å². The van der Waals surface area contributed by atoms with Crippen molar-refractivity contribution in [3.63, 3.8) is 0 Å². The number of benzene rings is 2. The van der Waals surface area contributed by atoms with E-state index in [4.69, 9.17) is 4.74 Å².